The van der Waals surface area contributed by atoms with Gasteiger partial charge in [0.05, 0.1) is 5.75 Å². The van der Waals surface area contributed by atoms with Gasteiger partial charge in [0.15, 0.2) is 0 Å². The van der Waals surface area contributed by atoms with Gasteiger partial charge >= 0.3 is 0 Å². The van der Waals surface area contributed by atoms with Crippen molar-refractivity contribution in [2.45, 2.75) is 6.92 Å². The molecule has 4 heteroatoms. The second-order valence-corrected chi connectivity index (χ2v) is 3.92. The van der Waals surface area contributed by atoms with Gasteiger partial charge in [-0.05, 0) is 30.9 Å². The zero-order chi connectivity index (χ0) is 10.6. The molecule has 0 bridgehead atoms. The highest BCUT2D eigenvalue weighted by molar-refractivity contribution is 7.99. The summed E-state index contributed by atoms with van der Waals surface area (Å²) >= 11 is 1.50. The monoisotopic (exact) mass is 210 g/mol. The first-order valence-corrected chi connectivity index (χ1v) is 5.68. The molecule has 0 fully saturated rings. The van der Waals surface area contributed by atoms with Crippen molar-refractivity contribution in [1.29, 1.82) is 0 Å². The summed E-state index contributed by atoms with van der Waals surface area (Å²) in [7, 11) is 0. The molecule has 0 saturated heterocycles. The van der Waals surface area contributed by atoms with E-state index in [0.29, 0.717) is 11.4 Å². The summed E-state index contributed by atoms with van der Waals surface area (Å²) < 4.78 is 0. The lowest BCUT2D eigenvalue weighted by atomic mass is 10.2. The molecule has 0 unspecified atom stereocenters. The van der Waals surface area contributed by atoms with E-state index in [4.69, 9.17) is 5.73 Å². The first kappa shape index (κ1) is 10.9. The number of carbonyl (C=O) groups is 1. The third-order valence-corrected chi connectivity index (χ3v) is 2.36. The zero-order valence-electron chi connectivity index (χ0n) is 8.33. The van der Waals surface area contributed by atoms with Gasteiger partial charge in [-0.2, -0.15) is 11.8 Å². The van der Waals surface area contributed by atoms with E-state index in [2.05, 4.69) is 5.32 Å². The van der Waals surface area contributed by atoms with Gasteiger partial charge in [0.2, 0.25) is 5.91 Å². The Hall–Kier alpha value is -1.16. The first-order chi connectivity index (χ1) is 6.63. The largest absolute Gasteiger partial charge is 0.399 e. The summed E-state index contributed by atoms with van der Waals surface area (Å²) in [6.45, 7) is 1.94. The number of hydrogen-bond acceptors (Lipinski definition) is 3. The number of aryl methyl sites for hydroxylation is 1. The van der Waals surface area contributed by atoms with Crippen LogP contribution in [-0.2, 0) is 4.79 Å². The van der Waals surface area contributed by atoms with E-state index in [9.17, 15) is 4.79 Å². The molecule has 1 aromatic rings. The van der Waals surface area contributed by atoms with Gasteiger partial charge in [0.1, 0.15) is 0 Å². The van der Waals surface area contributed by atoms with Crippen molar-refractivity contribution in [3.05, 3.63) is 23.8 Å². The summed E-state index contributed by atoms with van der Waals surface area (Å²) in [6.07, 6.45) is 1.89. The maximum atomic E-state index is 11.3. The van der Waals surface area contributed by atoms with Crippen LogP contribution in [0.5, 0.6) is 0 Å². The first-order valence-electron chi connectivity index (χ1n) is 4.28. The molecule has 0 aliphatic carbocycles. The van der Waals surface area contributed by atoms with E-state index in [1.165, 1.54) is 11.8 Å². The molecule has 0 aromatic heterocycles. The highest BCUT2D eigenvalue weighted by atomic mass is 32.2. The predicted octanol–water partition coefficient (Wildman–Crippen LogP) is 1.88. The Morgan fingerprint density at radius 2 is 2.29 bits per heavy atom. The van der Waals surface area contributed by atoms with Crippen LogP contribution in [0.15, 0.2) is 18.2 Å². The van der Waals surface area contributed by atoms with Crippen molar-refractivity contribution < 1.29 is 4.79 Å². The molecule has 76 valence electrons. The van der Waals surface area contributed by atoms with Gasteiger partial charge in [-0.3, -0.25) is 4.79 Å². The predicted molar refractivity (Wildman–Crippen MR) is 62.6 cm³/mol. The van der Waals surface area contributed by atoms with Gasteiger partial charge in [-0.15, -0.1) is 0 Å². The Morgan fingerprint density at radius 3 is 2.93 bits per heavy atom. The summed E-state index contributed by atoms with van der Waals surface area (Å²) in [5, 5.41) is 2.81. The van der Waals surface area contributed by atoms with Gasteiger partial charge in [-0.25, -0.2) is 0 Å². The minimum atomic E-state index is 0.00574. The molecule has 3 N–H and O–H groups in total. The Labute approximate surface area is 88.1 Å². The Balaban J connectivity index is 2.75. The standard InChI is InChI=1S/C10H14N2OS/c1-7-3-4-8(11)5-9(7)12-10(13)6-14-2/h3-5H,6,11H2,1-2H3,(H,12,13). The molecule has 0 spiro atoms. The van der Waals surface area contributed by atoms with Crippen LogP contribution < -0.4 is 11.1 Å². The molecule has 0 aliphatic rings. The van der Waals surface area contributed by atoms with Gasteiger partial charge in [-0.1, -0.05) is 6.07 Å². The van der Waals surface area contributed by atoms with E-state index in [1.807, 2.05) is 25.3 Å². The van der Waals surface area contributed by atoms with Crippen LogP contribution in [0.25, 0.3) is 0 Å². The van der Waals surface area contributed by atoms with Crippen molar-refractivity contribution >= 4 is 29.0 Å². The topological polar surface area (TPSA) is 55.1 Å². The number of benzene rings is 1. The minimum Gasteiger partial charge on any atom is -0.399 e. The molecule has 0 saturated carbocycles. The Kier molecular flexibility index (Phi) is 3.83. The second kappa shape index (κ2) is 4.91. The van der Waals surface area contributed by atoms with E-state index < -0.39 is 0 Å². The zero-order valence-corrected chi connectivity index (χ0v) is 9.15. The van der Waals surface area contributed by atoms with Crippen molar-refractivity contribution in [2.75, 3.05) is 23.1 Å². The number of amides is 1. The maximum Gasteiger partial charge on any atom is 0.234 e. The average molecular weight is 210 g/mol. The molecular formula is C10H14N2OS. The van der Waals surface area contributed by atoms with Crippen LogP contribution in [0.3, 0.4) is 0 Å². The number of nitrogens with one attached hydrogen (secondary N) is 1. The van der Waals surface area contributed by atoms with Crippen LogP contribution in [0.1, 0.15) is 5.56 Å². The third kappa shape index (κ3) is 2.96. The number of anilines is 2. The molecule has 14 heavy (non-hydrogen) atoms. The van der Waals surface area contributed by atoms with Gasteiger partial charge < -0.3 is 11.1 Å². The minimum absolute atomic E-state index is 0.00574. The smallest absolute Gasteiger partial charge is 0.234 e. The van der Waals surface area contributed by atoms with Gasteiger partial charge in [0, 0.05) is 11.4 Å². The maximum absolute atomic E-state index is 11.3. The number of hydrogen-bond donors (Lipinski definition) is 2. The van der Waals surface area contributed by atoms with E-state index >= 15 is 0 Å². The highest BCUT2D eigenvalue weighted by Crippen LogP contribution is 2.18. The fourth-order valence-corrected chi connectivity index (χ4v) is 1.43. The van der Waals surface area contributed by atoms with Crippen molar-refractivity contribution in [1.82, 2.24) is 0 Å². The molecule has 3 nitrogen and oxygen atoms in total. The Bertz CT molecular complexity index is 339. The second-order valence-electron chi connectivity index (χ2n) is 3.06. The molecule has 0 aliphatic heterocycles. The third-order valence-electron chi connectivity index (χ3n) is 1.81. The van der Waals surface area contributed by atoms with Crippen molar-refractivity contribution in [3.63, 3.8) is 0 Å². The SMILES string of the molecule is CSCC(=O)Nc1cc(N)ccc1C. The molecule has 1 amide bonds. The Morgan fingerprint density at radius 1 is 1.57 bits per heavy atom. The van der Waals surface area contributed by atoms with Crippen LogP contribution in [-0.4, -0.2) is 17.9 Å². The summed E-state index contributed by atoms with van der Waals surface area (Å²) in [4.78, 5) is 11.3. The van der Waals surface area contributed by atoms with Crippen LogP contribution in [0.2, 0.25) is 0 Å². The van der Waals surface area contributed by atoms with Crippen LogP contribution >= 0.6 is 11.8 Å². The van der Waals surface area contributed by atoms with E-state index in [-0.39, 0.29) is 5.91 Å². The molecule has 0 atom stereocenters. The molecule has 1 rings (SSSR count). The molecule has 0 radical (unpaired) electrons. The lowest BCUT2D eigenvalue weighted by molar-refractivity contribution is -0.113. The normalized spacial score (nSPS) is 9.86. The molecule has 1 aromatic carbocycles. The van der Waals surface area contributed by atoms with E-state index in [0.717, 1.165) is 11.3 Å². The quantitative estimate of drug-likeness (QED) is 0.749. The summed E-state index contributed by atoms with van der Waals surface area (Å²) in [5.41, 5.74) is 8.10. The lowest BCUT2D eigenvalue weighted by Gasteiger charge is -2.08. The van der Waals surface area contributed by atoms with Crippen LogP contribution in [0, 0.1) is 6.92 Å². The average Bonchev–Trinajstić information content (AvgIpc) is 2.12. The molecule has 0 heterocycles. The number of nitrogens with two attached hydrogens (primary N) is 1. The fourth-order valence-electron chi connectivity index (χ4n) is 1.09. The van der Waals surface area contributed by atoms with Crippen LogP contribution in [0.4, 0.5) is 11.4 Å². The number of thioether (sulfide) groups is 1. The molecular weight excluding hydrogens is 196 g/mol. The summed E-state index contributed by atoms with van der Waals surface area (Å²) in [6, 6.07) is 5.48. The highest BCUT2D eigenvalue weighted by Gasteiger charge is 2.03. The van der Waals surface area contributed by atoms with Crippen molar-refractivity contribution in [2.24, 2.45) is 0 Å². The van der Waals surface area contributed by atoms with E-state index in [1.54, 1.807) is 6.07 Å². The summed E-state index contributed by atoms with van der Waals surface area (Å²) in [5.74, 6) is 0.472. The van der Waals surface area contributed by atoms with Gasteiger partial charge in [0.25, 0.3) is 0 Å². The number of nitrogen functional groups attached to an aromatic ring is 1. The fraction of sp³-hybridized carbons (Fsp3) is 0.300. The lowest BCUT2D eigenvalue weighted by Crippen LogP contribution is -2.14. The van der Waals surface area contributed by atoms with Crippen molar-refractivity contribution in [3.8, 4) is 0 Å². The number of carbonyl (C=O) groups excluding carboxylic acids is 1. The number of rotatable bonds is 3.